The number of aryl methyl sites for hydroxylation is 1. The van der Waals surface area contributed by atoms with Crippen LogP contribution in [0.5, 0.6) is 11.5 Å². The summed E-state index contributed by atoms with van der Waals surface area (Å²) in [6.07, 6.45) is -0.0542. The van der Waals surface area contributed by atoms with Gasteiger partial charge in [0.2, 0.25) is 0 Å². The number of aliphatic carboxylic acids is 1. The smallest absolute Gasteiger partial charge is 0.387 e. The van der Waals surface area contributed by atoms with Gasteiger partial charge in [0.05, 0.1) is 7.11 Å². The number of halogens is 2. The first-order valence-electron chi connectivity index (χ1n) is 4.86. The molecule has 0 spiro atoms. The maximum Gasteiger partial charge on any atom is 0.387 e. The fourth-order valence-electron chi connectivity index (χ4n) is 1.33. The van der Waals surface area contributed by atoms with Crippen LogP contribution in [0.4, 0.5) is 8.78 Å². The summed E-state index contributed by atoms with van der Waals surface area (Å²) in [6.45, 7) is -2.94. The third-order valence-electron chi connectivity index (χ3n) is 2.09. The Bertz CT molecular complexity index is 393. The van der Waals surface area contributed by atoms with Crippen molar-refractivity contribution in [3.8, 4) is 11.5 Å². The molecule has 0 aliphatic heterocycles. The fourth-order valence-corrected chi connectivity index (χ4v) is 1.33. The Hall–Kier alpha value is -1.85. The van der Waals surface area contributed by atoms with E-state index in [1.165, 1.54) is 25.3 Å². The summed E-state index contributed by atoms with van der Waals surface area (Å²) in [5.74, 6) is -0.565. The lowest BCUT2D eigenvalue weighted by Gasteiger charge is -2.11. The van der Waals surface area contributed by atoms with E-state index in [9.17, 15) is 13.6 Å². The van der Waals surface area contributed by atoms with E-state index in [-0.39, 0.29) is 18.6 Å². The molecule has 17 heavy (non-hydrogen) atoms. The molecule has 0 aliphatic rings. The third-order valence-corrected chi connectivity index (χ3v) is 2.09. The average molecular weight is 246 g/mol. The molecule has 1 N–H and O–H groups in total. The van der Waals surface area contributed by atoms with Crippen molar-refractivity contribution in [2.24, 2.45) is 0 Å². The molecule has 1 aromatic carbocycles. The molecule has 4 nitrogen and oxygen atoms in total. The minimum atomic E-state index is -2.94. The summed E-state index contributed by atoms with van der Waals surface area (Å²) in [6, 6.07) is 4.30. The number of carboxylic acid groups (broad SMARTS) is 1. The van der Waals surface area contributed by atoms with E-state index in [2.05, 4.69) is 4.74 Å². The van der Waals surface area contributed by atoms with Crippen LogP contribution < -0.4 is 9.47 Å². The Kier molecular flexibility index (Phi) is 4.68. The van der Waals surface area contributed by atoms with Crippen molar-refractivity contribution in [1.29, 1.82) is 0 Å². The highest BCUT2D eigenvalue weighted by Gasteiger charge is 2.12. The predicted octanol–water partition coefficient (Wildman–Crippen LogP) is 2.31. The number of benzene rings is 1. The van der Waals surface area contributed by atoms with Crippen molar-refractivity contribution in [3.05, 3.63) is 23.8 Å². The lowest BCUT2D eigenvalue weighted by atomic mass is 10.1. The number of methoxy groups -OCH3 is 1. The minimum Gasteiger partial charge on any atom is -0.497 e. The molecule has 0 unspecified atom stereocenters. The Labute approximate surface area is 96.8 Å². The monoisotopic (exact) mass is 246 g/mol. The molecule has 0 amide bonds. The fraction of sp³-hybridized carbons (Fsp3) is 0.364. The first-order valence-corrected chi connectivity index (χ1v) is 4.86. The summed E-state index contributed by atoms with van der Waals surface area (Å²) in [7, 11) is 1.43. The number of rotatable bonds is 6. The first-order chi connectivity index (χ1) is 8.02. The van der Waals surface area contributed by atoms with Gasteiger partial charge in [0, 0.05) is 6.42 Å². The highest BCUT2D eigenvalue weighted by molar-refractivity contribution is 5.67. The Morgan fingerprint density at radius 3 is 2.71 bits per heavy atom. The quantitative estimate of drug-likeness (QED) is 0.836. The highest BCUT2D eigenvalue weighted by Crippen LogP contribution is 2.26. The van der Waals surface area contributed by atoms with Crippen molar-refractivity contribution < 1.29 is 28.2 Å². The van der Waals surface area contributed by atoms with E-state index in [1.807, 2.05) is 0 Å². The van der Waals surface area contributed by atoms with Gasteiger partial charge >= 0.3 is 12.6 Å². The van der Waals surface area contributed by atoms with Gasteiger partial charge in [0.15, 0.2) is 0 Å². The molecule has 0 heterocycles. The SMILES string of the molecule is COc1ccc(OC(F)F)c(CCC(=O)O)c1. The number of carboxylic acids is 1. The zero-order valence-corrected chi connectivity index (χ0v) is 9.15. The second kappa shape index (κ2) is 6.03. The molecule has 0 radical (unpaired) electrons. The number of hydrogen-bond acceptors (Lipinski definition) is 3. The lowest BCUT2D eigenvalue weighted by Crippen LogP contribution is -2.06. The molecule has 0 aromatic heterocycles. The van der Waals surface area contributed by atoms with Gasteiger partial charge in [-0.1, -0.05) is 0 Å². The summed E-state index contributed by atoms with van der Waals surface area (Å²) in [5, 5.41) is 8.55. The Morgan fingerprint density at radius 1 is 1.47 bits per heavy atom. The van der Waals surface area contributed by atoms with Crippen LogP contribution in [0.3, 0.4) is 0 Å². The van der Waals surface area contributed by atoms with Crippen molar-refractivity contribution >= 4 is 5.97 Å². The zero-order valence-electron chi connectivity index (χ0n) is 9.15. The van der Waals surface area contributed by atoms with Crippen molar-refractivity contribution in [2.75, 3.05) is 7.11 Å². The average Bonchev–Trinajstić information content (AvgIpc) is 2.27. The van der Waals surface area contributed by atoms with E-state index in [0.717, 1.165) is 0 Å². The second-order valence-electron chi connectivity index (χ2n) is 3.25. The van der Waals surface area contributed by atoms with Crippen LogP contribution in [0.25, 0.3) is 0 Å². The molecular formula is C11H12F2O4. The van der Waals surface area contributed by atoms with Crippen LogP contribution in [0.1, 0.15) is 12.0 Å². The third kappa shape index (κ3) is 4.26. The van der Waals surface area contributed by atoms with Gasteiger partial charge < -0.3 is 14.6 Å². The molecule has 0 fully saturated rings. The Morgan fingerprint density at radius 2 is 2.18 bits per heavy atom. The molecule has 1 rings (SSSR count). The van der Waals surface area contributed by atoms with Gasteiger partial charge in [-0.15, -0.1) is 0 Å². The number of ether oxygens (including phenoxy) is 2. The van der Waals surface area contributed by atoms with E-state index in [4.69, 9.17) is 9.84 Å². The molecule has 0 bridgehead atoms. The zero-order chi connectivity index (χ0) is 12.8. The molecule has 0 atom stereocenters. The van der Waals surface area contributed by atoms with Crippen LogP contribution in [-0.4, -0.2) is 24.8 Å². The van der Waals surface area contributed by atoms with Gasteiger partial charge in [-0.2, -0.15) is 8.78 Å². The van der Waals surface area contributed by atoms with Crippen molar-refractivity contribution in [1.82, 2.24) is 0 Å². The topological polar surface area (TPSA) is 55.8 Å². The highest BCUT2D eigenvalue weighted by atomic mass is 19.3. The van der Waals surface area contributed by atoms with Gasteiger partial charge in [0.25, 0.3) is 0 Å². The molecule has 0 aliphatic carbocycles. The van der Waals surface area contributed by atoms with Crippen LogP contribution in [0.2, 0.25) is 0 Å². The standard InChI is InChI=1S/C11H12F2O4/c1-16-8-3-4-9(17-11(12)13)7(6-8)2-5-10(14)15/h3-4,6,11H,2,5H2,1H3,(H,14,15). The number of alkyl halides is 2. The molecule has 0 saturated carbocycles. The van der Waals surface area contributed by atoms with Crippen LogP contribution in [0.15, 0.2) is 18.2 Å². The maximum atomic E-state index is 12.1. The van der Waals surface area contributed by atoms with Crippen LogP contribution in [0, 0.1) is 0 Å². The van der Waals surface area contributed by atoms with Crippen LogP contribution >= 0.6 is 0 Å². The van der Waals surface area contributed by atoms with E-state index in [0.29, 0.717) is 11.3 Å². The Balaban J connectivity index is 2.90. The summed E-state index contributed by atoms with van der Waals surface area (Å²) in [4.78, 5) is 10.4. The molecular weight excluding hydrogens is 234 g/mol. The molecule has 94 valence electrons. The molecule has 6 heteroatoms. The lowest BCUT2D eigenvalue weighted by molar-refractivity contribution is -0.136. The molecule has 1 aromatic rings. The normalized spacial score (nSPS) is 10.4. The van der Waals surface area contributed by atoms with E-state index < -0.39 is 12.6 Å². The van der Waals surface area contributed by atoms with Crippen molar-refractivity contribution in [3.63, 3.8) is 0 Å². The summed E-state index contributed by atoms with van der Waals surface area (Å²) < 4.78 is 33.5. The van der Waals surface area contributed by atoms with Gasteiger partial charge in [-0.3, -0.25) is 4.79 Å². The van der Waals surface area contributed by atoms with Gasteiger partial charge in [0.1, 0.15) is 11.5 Å². The largest absolute Gasteiger partial charge is 0.497 e. The van der Waals surface area contributed by atoms with Crippen LogP contribution in [-0.2, 0) is 11.2 Å². The van der Waals surface area contributed by atoms with E-state index in [1.54, 1.807) is 0 Å². The predicted molar refractivity (Wildman–Crippen MR) is 55.6 cm³/mol. The summed E-state index contributed by atoms with van der Waals surface area (Å²) in [5.41, 5.74) is 0.382. The maximum absolute atomic E-state index is 12.1. The number of hydrogen-bond donors (Lipinski definition) is 1. The molecule has 0 saturated heterocycles. The van der Waals surface area contributed by atoms with Gasteiger partial charge in [-0.25, -0.2) is 0 Å². The van der Waals surface area contributed by atoms with E-state index >= 15 is 0 Å². The second-order valence-corrected chi connectivity index (χ2v) is 3.25. The van der Waals surface area contributed by atoms with Gasteiger partial charge in [-0.05, 0) is 30.2 Å². The van der Waals surface area contributed by atoms with Crippen molar-refractivity contribution in [2.45, 2.75) is 19.5 Å². The summed E-state index contributed by atoms with van der Waals surface area (Å²) >= 11 is 0. The first kappa shape index (κ1) is 13.2. The minimum absolute atomic E-state index is 0.0259. The number of carbonyl (C=O) groups is 1.